The molecule has 0 bridgehead atoms. The Balaban J connectivity index is 2.46. The molecule has 0 fully saturated rings. The minimum atomic E-state index is -1.00. The van der Waals surface area contributed by atoms with Gasteiger partial charge in [0.1, 0.15) is 5.82 Å². The molecular formula is C12H11FN2O2. The number of hydrogen-bond acceptors (Lipinski definition) is 2. The Morgan fingerprint density at radius 1 is 1.47 bits per heavy atom. The standard InChI is InChI=1S/C12H11FN2O2/c13-8-3-1-2-7-10(12(16)17)9-6-14-4-5-15(9)11(7)8/h1-3,14H,4-6H2,(H,16,17). The van der Waals surface area contributed by atoms with E-state index >= 15 is 0 Å². The number of carboxylic acid groups (broad SMARTS) is 1. The van der Waals surface area contributed by atoms with Crippen LogP contribution >= 0.6 is 0 Å². The molecule has 17 heavy (non-hydrogen) atoms. The molecule has 5 heteroatoms. The van der Waals surface area contributed by atoms with Crippen LogP contribution in [-0.4, -0.2) is 22.2 Å². The van der Waals surface area contributed by atoms with Crippen LogP contribution in [0.15, 0.2) is 18.2 Å². The topological polar surface area (TPSA) is 54.3 Å². The fraction of sp³-hybridized carbons (Fsp3) is 0.250. The van der Waals surface area contributed by atoms with Crippen molar-refractivity contribution < 1.29 is 14.3 Å². The quantitative estimate of drug-likeness (QED) is 0.787. The van der Waals surface area contributed by atoms with Gasteiger partial charge in [-0.05, 0) is 6.07 Å². The third-order valence-electron chi connectivity index (χ3n) is 3.16. The zero-order valence-electron chi connectivity index (χ0n) is 9.03. The molecule has 88 valence electrons. The number of aromatic carboxylic acids is 1. The van der Waals surface area contributed by atoms with Gasteiger partial charge < -0.3 is 15.0 Å². The van der Waals surface area contributed by atoms with Crippen LogP contribution < -0.4 is 5.32 Å². The Morgan fingerprint density at radius 3 is 3.06 bits per heavy atom. The van der Waals surface area contributed by atoms with Gasteiger partial charge in [-0.3, -0.25) is 0 Å². The van der Waals surface area contributed by atoms with Crippen LogP contribution in [0.5, 0.6) is 0 Å². The number of rotatable bonds is 1. The van der Waals surface area contributed by atoms with Crippen molar-refractivity contribution in [1.29, 1.82) is 0 Å². The number of aromatic nitrogens is 1. The second kappa shape index (κ2) is 3.56. The number of nitrogens with zero attached hydrogens (tertiary/aromatic N) is 1. The number of nitrogens with one attached hydrogen (secondary N) is 1. The molecule has 1 aromatic heterocycles. The third-order valence-corrected chi connectivity index (χ3v) is 3.16. The summed E-state index contributed by atoms with van der Waals surface area (Å²) in [4.78, 5) is 11.3. The molecule has 2 heterocycles. The molecular weight excluding hydrogens is 223 g/mol. The van der Waals surface area contributed by atoms with Gasteiger partial charge in [-0.1, -0.05) is 12.1 Å². The fourth-order valence-electron chi connectivity index (χ4n) is 2.48. The molecule has 1 aromatic carbocycles. The van der Waals surface area contributed by atoms with E-state index in [2.05, 4.69) is 5.32 Å². The van der Waals surface area contributed by atoms with Crippen molar-refractivity contribution in [1.82, 2.24) is 9.88 Å². The first-order valence-corrected chi connectivity index (χ1v) is 5.43. The Kier molecular flexibility index (Phi) is 2.16. The maximum atomic E-state index is 13.8. The molecule has 0 saturated carbocycles. The van der Waals surface area contributed by atoms with E-state index in [0.29, 0.717) is 29.7 Å². The second-order valence-corrected chi connectivity index (χ2v) is 4.09. The summed E-state index contributed by atoms with van der Waals surface area (Å²) in [5, 5.41) is 12.8. The molecule has 0 unspecified atom stereocenters. The van der Waals surface area contributed by atoms with Crippen LogP contribution in [0.4, 0.5) is 4.39 Å². The molecule has 3 rings (SSSR count). The van der Waals surface area contributed by atoms with Gasteiger partial charge in [-0.25, -0.2) is 9.18 Å². The summed E-state index contributed by atoms with van der Waals surface area (Å²) in [5.74, 6) is -1.36. The van der Waals surface area contributed by atoms with Crippen molar-refractivity contribution in [3.8, 4) is 0 Å². The van der Waals surface area contributed by atoms with Gasteiger partial charge >= 0.3 is 5.97 Å². The maximum Gasteiger partial charge on any atom is 0.338 e. The van der Waals surface area contributed by atoms with E-state index in [1.807, 2.05) is 0 Å². The van der Waals surface area contributed by atoms with E-state index in [0.717, 1.165) is 6.54 Å². The van der Waals surface area contributed by atoms with Crippen LogP contribution in [0.2, 0.25) is 0 Å². The summed E-state index contributed by atoms with van der Waals surface area (Å²) >= 11 is 0. The van der Waals surface area contributed by atoms with Crippen LogP contribution in [-0.2, 0) is 13.1 Å². The number of carboxylic acids is 1. The first-order chi connectivity index (χ1) is 8.20. The fourth-order valence-corrected chi connectivity index (χ4v) is 2.48. The Bertz CT molecular complexity index is 618. The predicted octanol–water partition coefficient (Wildman–Crippen LogP) is 1.58. The number of carbonyl (C=O) groups is 1. The van der Waals surface area contributed by atoms with Crippen molar-refractivity contribution in [2.45, 2.75) is 13.1 Å². The van der Waals surface area contributed by atoms with E-state index in [1.54, 1.807) is 16.7 Å². The summed E-state index contributed by atoms with van der Waals surface area (Å²) in [6, 6.07) is 4.57. The zero-order chi connectivity index (χ0) is 12.0. The van der Waals surface area contributed by atoms with Gasteiger partial charge in [0.25, 0.3) is 0 Å². The van der Waals surface area contributed by atoms with Crippen LogP contribution in [0.25, 0.3) is 10.9 Å². The first kappa shape index (κ1) is 10.3. The molecule has 0 amide bonds. The molecule has 4 nitrogen and oxygen atoms in total. The molecule has 2 aromatic rings. The lowest BCUT2D eigenvalue weighted by molar-refractivity contribution is 0.0697. The van der Waals surface area contributed by atoms with Crippen molar-refractivity contribution in [2.75, 3.05) is 6.54 Å². The highest BCUT2D eigenvalue weighted by Crippen LogP contribution is 2.29. The molecule has 0 aliphatic carbocycles. The number of para-hydroxylation sites is 1. The Hall–Kier alpha value is -1.88. The van der Waals surface area contributed by atoms with Gasteiger partial charge in [0.15, 0.2) is 0 Å². The minimum Gasteiger partial charge on any atom is -0.478 e. The number of benzene rings is 1. The largest absolute Gasteiger partial charge is 0.478 e. The van der Waals surface area contributed by atoms with Gasteiger partial charge in [-0.15, -0.1) is 0 Å². The lowest BCUT2D eigenvalue weighted by Crippen LogP contribution is -2.28. The lowest BCUT2D eigenvalue weighted by Gasteiger charge is -2.17. The van der Waals surface area contributed by atoms with Gasteiger partial charge in [0.05, 0.1) is 11.1 Å². The maximum absolute atomic E-state index is 13.8. The molecule has 0 radical (unpaired) electrons. The van der Waals surface area contributed by atoms with Gasteiger partial charge in [-0.2, -0.15) is 0 Å². The molecule has 2 N–H and O–H groups in total. The lowest BCUT2D eigenvalue weighted by atomic mass is 10.1. The van der Waals surface area contributed by atoms with Gasteiger partial charge in [0, 0.05) is 30.7 Å². The zero-order valence-corrected chi connectivity index (χ0v) is 9.03. The number of fused-ring (bicyclic) bond motifs is 3. The van der Waals surface area contributed by atoms with Crippen LogP contribution in [0.1, 0.15) is 16.1 Å². The van der Waals surface area contributed by atoms with E-state index in [9.17, 15) is 14.3 Å². The Labute approximate surface area is 96.7 Å². The third kappa shape index (κ3) is 1.36. The van der Waals surface area contributed by atoms with E-state index in [1.165, 1.54) is 6.07 Å². The normalized spacial score (nSPS) is 14.9. The average molecular weight is 234 g/mol. The highest BCUT2D eigenvalue weighted by molar-refractivity contribution is 6.05. The summed E-state index contributed by atoms with van der Waals surface area (Å²) in [5.41, 5.74) is 1.27. The molecule has 0 atom stereocenters. The van der Waals surface area contributed by atoms with Gasteiger partial charge in [0.2, 0.25) is 0 Å². The molecule has 0 spiro atoms. The summed E-state index contributed by atoms with van der Waals surface area (Å²) in [6.07, 6.45) is 0. The molecule has 1 aliphatic heterocycles. The second-order valence-electron chi connectivity index (χ2n) is 4.09. The number of halogens is 1. The highest BCUT2D eigenvalue weighted by atomic mass is 19.1. The SMILES string of the molecule is O=C(O)c1c2n(c3c(F)cccc13)CCNC2. The number of hydrogen-bond donors (Lipinski definition) is 2. The van der Waals surface area contributed by atoms with Crippen molar-refractivity contribution in [3.63, 3.8) is 0 Å². The summed E-state index contributed by atoms with van der Waals surface area (Å²) in [7, 11) is 0. The summed E-state index contributed by atoms with van der Waals surface area (Å²) in [6.45, 7) is 1.79. The average Bonchev–Trinajstić information content (AvgIpc) is 2.64. The van der Waals surface area contributed by atoms with E-state index in [-0.39, 0.29) is 11.4 Å². The predicted molar refractivity (Wildman–Crippen MR) is 60.6 cm³/mol. The van der Waals surface area contributed by atoms with Crippen LogP contribution in [0.3, 0.4) is 0 Å². The van der Waals surface area contributed by atoms with Crippen LogP contribution in [0, 0.1) is 5.82 Å². The molecule has 1 aliphatic rings. The summed E-state index contributed by atoms with van der Waals surface area (Å²) < 4.78 is 15.6. The van der Waals surface area contributed by atoms with E-state index in [4.69, 9.17) is 0 Å². The smallest absolute Gasteiger partial charge is 0.338 e. The monoisotopic (exact) mass is 234 g/mol. The first-order valence-electron chi connectivity index (χ1n) is 5.43. The van der Waals surface area contributed by atoms with E-state index < -0.39 is 5.97 Å². The van der Waals surface area contributed by atoms with Crippen molar-refractivity contribution >= 4 is 16.9 Å². The minimum absolute atomic E-state index is 0.215. The van der Waals surface area contributed by atoms with Crippen molar-refractivity contribution in [2.24, 2.45) is 0 Å². The highest BCUT2D eigenvalue weighted by Gasteiger charge is 2.25. The molecule has 0 saturated heterocycles. The Morgan fingerprint density at radius 2 is 2.29 bits per heavy atom. The van der Waals surface area contributed by atoms with Crippen molar-refractivity contribution in [3.05, 3.63) is 35.3 Å².